The van der Waals surface area contributed by atoms with Gasteiger partial charge in [-0.2, -0.15) is 13.2 Å². The fourth-order valence-electron chi connectivity index (χ4n) is 3.14. The van der Waals surface area contributed by atoms with Crippen LogP contribution in [0.1, 0.15) is 38.2 Å². The van der Waals surface area contributed by atoms with Gasteiger partial charge in [-0.25, -0.2) is 0 Å². The minimum atomic E-state index is -4.30. The highest BCUT2D eigenvalue weighted by Crippen LogP contribution is 2.37. The fourth-order valence-corrected chi connectivity index (χ4v) is 3.14. The van der Waals surface area contributed by atoms with Crippen LogP contribution in [0.15, 0.2) is 18.2 Å². The Morgan fingerprint density at radius 3 is 2.26 bits per heavy atom. The molecule has 6 nitrogen and oxygen atoms in total. The number of benzene rings is 1. The van der Waals surface area contributed by atoms with E-state index in [1.807, 2.05) is 0 Å². The average molecular weight is 385 g/mol. The van der Waals surface area contributed by atoms with Crippen LogP contribution in [0.5, 0.6) is 0 Å². The largest absolute Gasteiger partial charge is 0.391 e. The summed E-state index contributed by atoms with van der Waals surface area (Å²) < 4.78 is 38.5. The van der Waals surface area contributed by atoms with Crippen molar-refractivity contribution in [3.63, 3.8) is 0 Å². The van der Waals surface area contributed by atoms with Crippen molar-refractivity contribution in [2.24, 2.45) is 5.92 Å². The van der Waals surface area contributed by atoms with Gasteiger partial charge in [-0.1, -0.05) is 12.5 Å². The maximum atomic E-state index is 12.8. The number of alkyl halides is 3. The van der Waals surface area contributed by atoms with E-state index in [-0.39, 0.29) is 18.7 Å². The van der Waals surface area contributed by atoms with Gasteiger partial charge in [-0.15, -0.1) is 0 Å². The molecule has 1 saturated carbocycles. The van der Waals surface area contributed by atoms with Crippen LogP contribution >= 0.6 is 0 Å². The van der Waals surface area contributed by atoms with Gasteiger partial charge < -0.3 is 16.0 Å². The van der Waals surface area contributed by atoms with Crippen molar-refractivity contribution in [1.29, 1.82) is 0 Å². The van der Waals surface area contributed by atoms with E-state index in [0.717, 1.165) is 0 Å². The summed E-state index contributed by atoms with van der Waals surface area (Å²) in [6, 6.07) is 4.12. The molecule has 0 aromatic heterocycles. The second-order valence-electron chi connectivity index (χ2n) is 6.69. The number of rotatable bonds is 3. The van der Waals surface area contributed by atoms with Gasteiger partial charge in [-0.05, 0) is 43.9 Å². The van der Waals surface area contributed by atoms with Crippen molar-refractivity contribution in [3.8, 4) is 0 Å². The van der Waals surface area contributed by atoms with Crippen LogP contribution in [0.2, 0.25) is 0 Å². The predicted molar refractivity (Wildman–Crippen MR) is 94.1 cm³/mol. The van der Waals surface area contributed by atoms with Gasteiger partial charge in [0.05, 0.1) is 5.92 Å². The molecule has 0 radical (unpaired) electrons. The molecule has 2 unspecified atom stereocenters. The number of hydrogen-bond donors (Lipinski definition) is 3. The molecular formula is C18H22F3N3O3. The van der Waals surface area contributed by atoms with Gasteiger partial charge in [0.25, 0.3) is 0 Å². The molecule has 1 fully saturated rings. The van der Waals surface area contributed by atoms with E-state index < -0.39 is 30.0 Å². The first kappa shape index (κ1) is 20.7. The van der Waals surface area contributed by atoms with Crippen LogP contribution in [0.4, 0.5) is 24.5 Å². The molecule has 3 amide bonds. The Morgan fingerprint density at radius 2 is 1.67 bits per heavy atom. The zero-order chi connectivity index (χ0) is 20.2. The van der Waals surface area contributed by atoms with Crippen molar-refractivity contribution in [3.05, 3.63) is 23.8 Å². The lowest BCUT2D eigenvalue weighted by atomic mass is 9.85. The van der Waals surface area contributed by atoms with E-state index in [4.69, 9.17) is 0 Å². The molecule has 0 saturated heterocycles. The Bertz CT molecular complexity index is 734. The van der Waals surface area contributed by atoms with Gasteiger partial charge >= 0.3 is 18.0 Å². The summed E-state index contributed by atoms with van der Waals surface area (Å²) >= 11 is 0. The second kappa shape index (κ2) is 8.41. The third kappa shape index (κ3) is 5.70. The number of carbonyl (C=O) groups excluding carboxylic acids is 3. The minimum Gasteiger partial charge on any atom is -0.345 e. The second-order valence-corrected chi connectivity index (χ2v) is 6.69. The molecule has 2 rings (SSSR count). The first-order valence-corrected chi connectivity index (χ1v) is 8.63. The van der Waals surface area contributed by atoms with Crippen LogP contribution in [0.25, 0.3) is 0 Å². The molecule has 27 heavy (non-hydrogen) atoms. The lowest BCUT2D eigenvalue weighted by Gasteiger charge is -2.30. The molecule has 3 N–H and O–H groups in total. The number of nitrogens with one attached hydrogen (secondary N) is 3. The van der Waals surface area contributed by atoms with Gasteiger partial charge in [0.15, 0.2) is 0 Å². The van der Waals surface area contributed by atoms with Crippen LogP contribution in [0.3, 0.4) is 0 Å². The average Bonchev–Trinajstić information content (AvgIpc) is 2.57. The maximum absolute atomic E-state index is 12.8. The van der Waals surface area contributed by atoms with Crippen LogP contribution in [-0.4, -0.2) is 29.9 Å². The summed E-state index contributed by atoms with van der Waals surface area (Å²) in [7, 11) is 0. The normalized spacial score (nSPS) is 19.9. The first-order valence-electron chi connectivity index (χ1n) is 8.63. The predicted octanol–water partition coefficient (Wildman–Crippen LogP) is 3.13. The van der Waals surface area contributed by atoms with Gasteiger partial charge in [0, 0.05) is 24.3 Å². The Labute approximate surface area is 154 Å². The number of hydrogen-bond acceptors (Lipinski definition) is 3. The summed E-state index contributed by atoms with van der Waals surface area (Å²) in [5, 5.41) is 7.42. The molecule has 1 aliphatic carbocycles. The molecule has 0 bridgehead atoms. The maximum Gasteiger partial charge on any atom is 0.391 e. The van der Waals surface area contributed by atoms with Gasteiger partial charge in [0.2, 0.25) is 5.91 Å². The van der Waals surface area contributed by atoms with Crippen LogP contribution in [0, 0.1) is 12.8 Å². The molecule has 1 aliphatic rings. The summed E-state index contributed by atoms with van der Waals surface area (Å²) in [6.45, 7) is 3.00. The summed E-state index contributed by atoms with van der Waals surface area (Å²) in [4.78, 5) is 35.4. The van der Waals surface area contributed by atoms with E-state index >= 15 is 0 Å². The summed E-state index contributed by atoms with van der Waals surface area (Å²) in [5.41, 5.74) is 1.38. The third-order valence-corrected chi connectivity index (χ3v) is 4.57. The number of carbonyl (C=O) groups is 3. The molecule has 1 aromatic carbocycles. The molecule has 148 valence electrons. The highest BCUT2D eigenvalue weighted by molar-refractivity contribution is 6.39. The quantitative estimate of drug-likeness (QED) is 0.699. The zero-order valence-electron chi connectivity index (χ0n) is 15.1. The minimum absolute atomic E-state index is 0.0389. The highest BCUT2D eigenvalue weighted by Gasteiger charge is 2.42. The fraction of sp³-hybridized carbons (Fsp3) is 0.500. The van der Waals surface area contributed by atoms with E-state index in [0.29, 0.717) is 29.8 Å². The van der Waals surface area contributed by atoms with Crippen molar-refractivity contribution in [1.82, 2.24) is 5.32 Å². The SMILES string of the molecule is CC(=O)Nc1cccc(NC(=O)C(=O)NC2CCCC(C(F)(F)F)C2)c1C. The smallest absolute Gasteiger partial charge is 0.345 e. The Balaban J connectivity index is 1.98. The first-order chi connectivity index (χ1) is 12.6. The van der Waals surface area contributed by atoms with E-state index in [9.17, 15) is 27.6 Å². The van der Waals surface area contributed by atoms with Gasteiger partial charge in [-0.3, -0.25) is 14.4 Å². The molecular weight excluding hydrogens is 363 g/mol. The molecule has 0 heterocycles. The third-order valence-electron chi connectivity index (χ3n) is 4.57. The van der Waals surface area contributed by atoms with Crippen molar-refractivity contribution in [2.75, 3.05) is 10.6 Å². The molecule has 2 atom stereocenters. The standard InChI is InChI=1S/C18H22F3N3O3/c1-10-14(22-11(2)25)7-4-8-15(10)24-17(27)16(26)23-13-6-3-5-12(9-13)18(19,20)21/h4,7-8,12-13H,3,5-6,9H2,1-2H3,(H,22,25)(H,23,26)(H,24,27). The molecule has 0 aliphatic heterocycles. The molecule has 9 heteroatoms. The van der Waals surface area contributed by atoms with Crippen LogP contribution in [-0.2, 0) is 14.4 Å². The molecule has 1 aromatic rings. The van der Waals surface area contributed by atoms with E-state index in [1.54, 1.807) is 25.1 Å². The van der Waals surface area contributed by atoms with Crippen molar-refractivity contribution < 1.29 is 27.6 Å². The summed E-state index contributed by atoms with van der Waals surface area (Å²) in [6.07, 6.45) is -3.74. The Morgan fingerprint density at radius 1 is 1.04 bits per heavy atom. The lowest BCUT2D eigenvalue weighted by molar-refractivity contribution is -0.184. The van der Waals surface area contributed by atoms with Crippen molar-refractivity contribution >= 4 is 29.1 Å². The van der Waals surface area contributed by atoms with E-state index in [1.165, 1.54) is 6.92 Å². The summed E-state index contributed by atoms with van der Waals surface area (Å²) in [5.74, 6) is -3.69. The number of anilines is 2. The van der Waals surface area contributed by atoms with Crippen LogP contribution < -0.4 is 16.0 Å². The molecule has 0 spiro atoms. The van der Waals surface area contributed by atoms with Crippen molar-refractivity contribution in [2.45, 2.75) is 51.7 Å². The number of halogens is 3. The van der Waals surface area contributed by atoms with Gasteiger partial charge in [0.1, 0.15) is 0 Å². The lowest BCUT2D eigenvalue weighted by Crippen LogP contribution is -2.45. The monoisotopic (exact) mass is 385 g/mol. The number of amides is 3. The van der Waals surface area contributed by atoms with E-state index in [2.05, 4.69) is 16.0 Å². The Kier molecular flexibility index (Phi) is 6.45. The Hall–Kier alpha value is -2.58. The topological polar surface area (TPSA) is 87.3 Å². The highest BCUT2D eigenvalue weighted by atomic mass is 19.4. The zero-order valence-corrected chi connectivity index (χ0v) is 15.1.